The van der Waals surface area contributed by atoms with E-state index >= 15 is 0 Å². The van der Waals surface area contributed by atoms with Gasteiger partial charge < -0.3 is 4.43 Å². The van der Waals surface area contributed by atoms with Gasteiger partial charge in [-0.1, -0.05) is 69.2 Å². The molecule has 2 rings (SSSR count). The van der Waals surface area contributed by atoms with Crippen LogP contribution in [-0.4, -0.2) is 9.04 Å². The fraction of sp³-hybridized carbons (Fsp3) is 0.304. The Balaban J connectivity index is 2.76. The summed E-state index contributed by atoms with van der Waals surface area (Å²) in [6, 6.07) is 12.6. The third-order valence-electron chi connectivity index (χ3n) is 4.13. The fourth-order valence-corrected chi connectivity index (χ4v) is 3.45. The van der Waals surface area contributed by atoms with Gasteiger partial charge in [0.25, 0.3) is 9.04 Å². The van der Waals surface area contributed by atoms with Gasteiger partial charge in [-0.05, 0) is 48.2 Å². The quantitative estimate of drug-likeness (QED) is 0.489. The minimum Gasteiger partial charge on any atom is -0.541 e. The van der Waals surface area contributed by atoms with Crippen molar-refractivity contribution in [1.82, 2.24) is 0 Å². The van der Waals surface area contributed by atoms with Crippen LogP contribution in [0.15, 0.2) is 43.0 Å². The van der Waals surface area contributed by atoms with Gasteiger partial charge >= 0.3 is 0 Å². The normalized spacial score (nSPS) is 11.3. The number of hydrogen-bond acceptors (Lipinski definition) is 1. The Hall–Kier alpha value is -2.24. The summed E-state index contributed by atoms with van der Waals surface area (Å²) in [4.78, 5) is 0. The molecule has 0 spiro atoms. The van der Waals surface area contributed by atoms with Gasteiger partial charge in [-0.25, -0.2) is 0 Å². The zero-order valence-corrected chi connectivity index (χ0v) is 17.2. The van der Waals surface area contributed by atoms with Gasteiger partial charge in [0.1, 0.15) is 5.75 Å². The third-order valence-corrected chi connectivity index (χ3v) is 4.74. The molecule has 0 aliphatic rings. The van der Waals surface area contributed by atoms with E-state index in [-0.39, 0.29) is 5.41 Å². The maximum atomic E-state index is 6.27. The first-order valence-electron chi connectivity index (χ1n) is 8.53. The van der Waals surface area contributed by atoms with Crippen LogP contribution >= 0.6 is 0 Å². The number of hydrogen-bond donors (Lipinski definition) is 0. The lowest BCUT2D eigenvalue weighted by Crippen LogP contribution is -2.19. The van der Waals surface area contributed by atoms with Crippen LogP contribution in [0.5, 0.6) is 5.75 Å². The van der Waals surface area contributed by atoms with Crippen LogP contribution in [0, 0.1) is 19.3 Å². The molecule has 129 valence electrons. The largest absolute Gasteiger partial charge is 0.541 e. The summed E-state index contributed by atoms with van der Waals surface area (Å²) < 4.78 is 6.27. The third kappa shape index (κ3) is 4.24. The molecular weight excluding hydrogens is 320 g/mol. The predicted octanol–water partition coefficient (Wildman–Crippen LogP) is 5.97. The summed E-state index contributed by atoms with van der Waals surface area (Å²) in [6.45, 7) is 17.3. The zero-order valence-electron chi connectivity index (χ0n) is 16.2. The van der Waals surface area contributed by atoms with Crippen molar-refractivity contribution < 1.29 is 4.43 Å². The van der Waals surface area contributed by atoms with Crippen LogP contribution in [0.25, 0.3) is 5.57 Å². The van der Waals surface area contributed by atoms with Crippen molar-refractivity contribution in [1.29, 1.82) is 0 Å². The van der Waals surface area contributed by atoms with E-state index in [1.807, 2.05) is 6.07 Å². The zero-order chi connectivity index (χ0) is 18.8. The highest BCUT2D eigenvalue weighted by atomic mass is 28.3. The Morgan fingerprint density at radius 2 is 1.68 bits per heavy atom. The van der Waals surface area contributed by atoms with Gasteiger partial charge in [0, 0.05) is 5.56 Å². The van der Waals surface area contributed by atoms with E-state index in [1.165, 1.54) is 11.1 Å². The minimum absolute atomic E-state index is 0.0391. The molecule has 0 aliphatic heterocycles. The molecular formula is C23H27OSi. The SMILES string of the molecule is C#Cc1ccc(C(C)(C)C)c(C(=C)c2ccc(C)cc2)c1O[Si](C)C. The smallest absolute Gasteiger partial charge is 0.274 e. The highest BCUT2D eigenvalue weighted by Gasteiger charge is 2.25. The molecule has 0 N–H and O–H groups in total. The molecule has 2 aromatic carbocycles. The monoisotopic (exact) mass is 347 g/mol. The number of aryl methyl sites for hydroxylation is 1. The molecule has 25 heavy (non-hydrogen) atoms. The molecule has 0 aromatic heterocycles. The van der Waals surface area contributed by atoms with Crippen molar-refractivity contribution in [3.05, 3.63) is 70.8 Å². The summed E-state index contributed by atoms with van der Waals surface area (Å²) in [6.07, 6.45) is 5.76. The van der Waals surface area contributed by atoms with Crippen LogP contribution in [0.2, 0.25) is 13.1 Å². The van der Waals surface area contributed by atoms with Crippen LogP contribution in [0.4, 0.5) is 0 Å². The van der Waals surface area contributed by atoms with Crippen LogP contribution in [-0.2, 0) is 5.41 Å². The van der Waals surface area contributed by atoms with Gasteiger partial charge in [0.05, 0.1) is 5.56 Å². The minimum atomic E-state index is -0.960. The van der Waals surface area contributed by atoms with Crippen LogP contribution in [0.3, 0.4) is 0 Å². The van der Waals surface area contributed by atoms with Crippen LogP contribution in [0.1, 0.15) is 48.6 Å². The Morgan fingerprint density at radius 3 is 2.16 bits per heavy atom. The first-order valence-corrected chi connectivity index (χ1v) is 10.9. The van der Waals surface area contributed by atoms with Crippen LogP contribution < -0.4 is 4.43 Å². The second-order valence-electron chi connectivity index (χ2n) is 7.61. The molecule has 0 saturated heterocycles. The molecule has 1 radical (unpaired) electrons. The first kappa shape index (κ1) is 19.1. The van der Waals surface area contributed by atoms with Gasteiger partial charge in [-0.3, -0.25) is 0 Å². The van der Waals surface area contributed by atoms with Crippen molar-refractivity contribution in [3.63, 3.8) is 0 Å². The molecule has 0 fully saturated rings. The second-order valence-corrected chi connectivity index (χ2v) is 9.63. The molecule has 0 amide bonds. The lowest BCUT2D eigenvalue weighted by Gasteiger charge is -2.28. The van der Waals surface area contributed by atoms with E-state index in [2.05, 4.69) is 83.6 Å². The Kier molecular flexibility index (Phi) is 5.60. The summed E-state index contributed by atoms with van der Waals surface area (Å²) in [5.41, 5.74) is 6.28. The summed E-state index contributed by atoms with van der Waals surface area (Å²) in [5, 5.41) is 0. The van der Waals surface area contributed by atoms with Crippen molar-refractivity contribution >= 4 is 14.6 Å². The molecule has 0 atom stereocenters. The Bertz CT molecular complexity index is 815. The molecule has 2 aromatic rings. The predicted molar refractivity (Wildman–Crippen MR) is 111 cm³/mol. The Labute approximate surface area is 154 Å². The van der Waals surface area contributed by atoms with Crippen molar-refractivity contribution in [2.45, 2.75) is 46.2 Å². The maximum absolute atomic E-state index is 6.27. The average molecular weight is 348 g/mol. The van der Waals surface area contributed by atoms with Crippen molar-refractivity contribution in [3.8, 4) is 18.1 Å². The van der Waals surface area contributed by atoms with Crippen molar-refractivity contribution in [2.75, 3.05) is 0 Å². The average Bonchev–Trinajstić information content (AvgIpc) is 2.53. The van der Waals surface area contributed by atoms with Gasteiger partial charge in [0.2, 0.25) is 0 Å². The lowest BCUT2D eigenvalue weighted by atomic mass is 9.79. The standard InChI is InChI=1S/C23H27OSi/c1-9-18-14-15-20(23(4,5)6)21(22(18)24-25(7)8)17(3)19-12-10-16(2)11-13-19/h1,10-15H,3H2,2,4-8H3. The molecule has 0 heterocycles. The second kappa shape index (κ2) is 7.33. The van der Waals surface area contributed by atoms with E-state index in [1.54, 1.807) is 0 Å². The van der Waals surface area contributed by atoms with Crippen molar-refractivity contribution in [2.24, 2.45) is 0 Å². The highest BCUT2D eigenvalue weighted by Crippen LogP contribution is 2.40. The fourth-order valence-electron chi connectivity index (χ4n) is 2.83. The van der Waals surface area contributed by atoms with Gasteiger partial charge in [-0.2, -0.15) is 0 Å². The lowest BCUT2D eigenvalue weighted by molar-refractivity contribution is 0.556. The summed E-state index contributed by atoms with van der Waals surface area (Å²) in [7, 11) is -0.960. The number of benzene rings is 2. The molecule has 2 heteroatoms. The first-order chi connectivity index (χ1) is 11.6. The topological polar surface area (TPSA) is 9.23 Å². The molecule has 0 aliphatic carbocycles. The maximum Gasteiger partial charge on any atom is 0.274 e. The van der Waals surface area contributed by atoms with E-state index in [0.717, 1.165) is 28.0 Å². The molecule has 0 unspecified atom stereocenters. The van der Waals surface area contributed by atoms with E-state index < -0.39 is 9.04 Å². The summed E-state index contributed by atoms with van der Waals surface area (Å²) in [5.74, 6) is 3.59. The van der Waals surface area contributed by atoms with E-state index in [9.17, 15) is 0 Å². The molecule has 0 saturated carbocycles. The number of terminal acetylenes is 1. The van der Waals surface area contributed by atoms with E-state index in [0.29, 0.717) is 0 Å². The Morgan fingerprint density at radius 1 is 1.08 bits per heavy atom. The van der Waals surface area contributed by atoms with E-state index in [4.69, 9.17) is 10.8 Å². The van der Waals surface area contributed by atoms with Gasteiger partial charge in [0.15, 0.2) is 0 Å². The highest BCUT2D eigenvalue weighted by molar-refractivity contribution is 6.49. The molecule has 0 bridgehead atoms. The van der Waals surface area contributed by atoms with Gasteiger partial charge in [-0.15, -0.1) is 6.42 Å². The number of rotatable bonds is 4. The summed E-state index contributed by atoms with van der Waals surface area (Å²) >= 11 is 0. The molecule has 1 nitrogen and oxygen atoms in total.